The Morgan fingerprint density at radius 1 is 0.390 bits per heavy atom. The van der Waals surface area contributed by atoms with Crippen molar-refractivity contribution >= 4 is 64.6 Å². The second kappa shape index (κ2) is 7.86. The highest BCUT2D eigenvalue weighted by Gasteiger charge is 2.36. The molecule has 8 aromatic rings. The lowest BCUT2D eigenvalue weighted by Gasteiger charge is -2.23. The molecule has 1 heteroatoms. The van der Waals surface area contributed by atoms with Gasteiger partial charge in [-0.15, -0.1) is 0 Å². The van der Waals surface area contributed by atoms with E-state index in [0.717, 1.165) is 5.75 Å². The summed E-state index contributed by atoms with van der Waals surface area (Å²) in [4.78, 5) is 0. The van der Waals surface area contributed by atoms with E-state index in [-0.39, 0.29) is 5.41 Å². The van der Waals surface area contributed by atoms with Gasteiger partial charge < -0.3 is 4.74 Å². The van der Waals surface area contributed by atoms with E-state index in [9.17, 15) is 0 Å². The molecule has 1 aliphatic carbocycles. The number of benzene rings is 8. The molecule has 0 aromatic heterocycles. The number of ether oxygens (including phenoxy) is 1. The fourth-order valence-corrected chi connectivity index (χ4v) is 7.68. The van der Waals surface area contributed by atoms with Gasteiger partial charge in [0.15, 0.2) is 0 Å². The monoisotopic (exact) mass is 524 g/mol. The van der Waals surface area contributed by atoms with Gasteiger partial charge in [0.1, 0.15) is 5.75 Å². The molecule has 0 saturated carbocycles. The quantitative estimate of drug-likeness (QED) is 0.194. The summed E-state index contributed by atoms with van der Waals surface area (Å²) in [6.07, 6.45) is 0. The van der Waals surface area contributed by atoms with Crippen LogP contribution in [0, 0.1) is 0 Å². The molecule has 8 aromatic carbocycles. The first-order chi connectivity index (χ1) is 20.0. The van der Waals surface area contributed by atoms with Crippen LogP contribution in [0.1, 0.15) is 25.0 Å². The number of hydrogen-bond donors (Lipinski definition) is 0. The SMILES string of the molecule is COc1ccc2c(c1)c1ccccc1c1cc3c(cc21)C(C)(C)c1cc2c4ccccc4c4ccccc4c2cc1-3. The van der Waals surface area contributed by atoms with Crippen molar-refractivity contribution < 1.29 is 4.74 Å². The predicted molar refractivity (Wildman–Crippen MR) is 176 cm³/mol. The summed E-state index contributed by atoms with van der Waals surface area (Å²) in [5.74, 6) is 0.891. The van der Waals surface area contributed by atoms with Crippen LogP contribution in [0.25, 0.3) is 75.8 Å². The minimum absolute atomic E-state index is 0.121. The summed E-state index contributed by atoms with van der Waals surface area (Å²) in [7, 11) is 1.74. The van der Waals surface area contributed by atoms with Gasteiger partial charge in [-0.3, -0.25) is 0 Å². The molecule has 0 spiro atoms. The van der Waals surface area contributed by atoms with Gasteiger partial charge in [0.05, 0.1) is 7.11 Å². The van der Waals surface area contributed by atoms with Gasteiger partial charge in [-0.2, -0.15) is 0 Å². The van der Waals surface area contributed by atoms with Crippen LogP contribution in [0.5, 0.6) is 5.75 Å². The Labute approximate surface area is 238 Å². The van der Waals surface area contributed by atoms with Crippen LogP contribution < -0.4 is 4.74 Å². The number of fused-ring (bicyclic) bond motifs is 15. The highest BCUT2D eigenvalue weighted by atomic mass is 16.5. The van der Waals surface area contributed by atoms with E-state index >= 15 is 0 Å². The van der Waals surface area contributed by atoms with Gasteiger partial charge in [0.25, 0.3) is 0 Å². The van der Waals surface area contributed by atoms with Crippen LogP contribution in [0.2, 0.25) is 0 Å². The highest BCUT2D eigenvalue weighted by Crippen LogP contribution is 2.53. The maximum absolute atomic E-state index is 5.63. The molecule has 0 aliphatic heterocycles. The third kappa shape index (κ3) is 2.91. The van der Waals surface area contributed by atoms with Crippen LogP contribution in [0.3, 0.4) is 0 Å². The normalized spacial score (nSPS) is 13.9. The standard InChI is InChI=1S/C40H28O/c1-40(2)38-21-34-27-13-7-5-11-25(27)24-10-4-6-12-26(24)32(34)19-36(38)37-20-33-29-15-9-8-14-28(29)31-18-23(41-3)16-17-30(31)35(33)22-39(37)40/h4-22H,1-3H3. The molecule has 0 fully saturated rings. The third-order valence-electron chi connectivity index (χ3n) is 9.70. The summed E-state index contributed by atoms with van der Waals surface area (Å²) in [5.41, 5.74) is 5.40. The number of rotatable bonds is 1. The lowest BCUT2D eigenvalue weighted by molar-refractivity contribution is 0.415. The molecule has 0 atom stereocenters. The second-order valence-electron chi connectivity index (χ2n) is 12.1. The topological polar surface area (TPSA) is 9.23 Å². The van der Waals surface area contributed by atoms with Gasteiger partial charge in [0, 0.05) is 5.41 Å². The van der Waals surface area contributed by atoms with Crippen LogP contribution in [-0.2, 0) is 5.41 Å². The molecule has 194 valence electrons. The van der Waals surface area contributed by atoms with E-state index in [1.165, 1.54) is 86.9 Å². The summed E-state index contributed by atoms with van der Waals surface area (Å²) >= 11 is 0. The van der Waals surface area contributed by atoms with Crippen molar-refractivity contribution in [2.75, 3.05) is 7.11 Å². The van der Waals surface area contributed by atoms with Gasteiger partial charge >= 0.3 is 0 Å². The van der Waals surface area contributed by atoms with Crippen molar-refractivity contribution in [3.8, 4) is 16.9 Å². The van der Waals surface area contributed by atoms with E-state index in [4.69, 9.17) is 4.74 Å². The first-order valence-corrected chi connectivity index (χ1v) is 14.4. The molecule has 1 nitrogen and oxygen atoms in total. The zero-order valence-electron chi connectivity index (χ0n) is 23.4. The molecule has 0 bridgehead atoms. The Morgan fingerprint density at radius 3 is 1.15 bits per heavy atom. The van der Waals surface area contributed by atoms with Gasteiger partial charge in [-0.1, -0.05) is 92.7 Å². The highest BCUT2D eigenvalue weighted by molar-refractivity contribution is 6.28. The molecular formula is C40H28O. The molecule has 0 N–H and O–H groups in total. The Bertz CT molecular complexity index is 2430. The van der Waals surface area contributed by atoms with Crippen molar-refractivity contribution in [2.45, 2.75) is 19.3 Å². The predicted octanol–water partition coefficient (Wildman–Crippen LogP) is 10.9. The van der Waals surface area contributed by atoms with Gasteiger partial charge in [-0.25, -0.2) is 0 Å². The molecule has 0 amide bonds. The smallest absolute Gasteiger partial charge is 0.119 e. The lowest BCUT2D eigenvalue weighted by atomic mass is 9.80. The molecule has 0 saturated heterocycles. The Balaban J connectivity index is 1.44. The number of hydrogen-bond acceptors (Lipinski definition) is 1. The molecule has 41 heavy (non-hydrogen) atoms. The molecule has 0 unspecified atom stereocenters. The molecular weight excluding hydrogens is 496 g/mol. The van der Waals surface area contributed by atoms with Gasteiger partial charge in [0.2, 0.25) is 0 Å². The summed E-state index contributed by atoms with van der Waals surface area (Å²) in [5, 5.41) is 15.6. The Hall–Kier alpha value is -4.88. The Kier molecular flexibility index (Phi) is 4.39. The first kappa shape index (κ1) is 22.9. The summed E-state index contributed by atoms with van der Waals surface area (Å²) in [6.45, 7) is 4.79. The second-order valence-corrected chi connectivity index (χ2v) is 12.1. The van der Waals surface area contributed by atoms with E-state index < -0.39 is 0 Å². The fraction of sp³-hybridized carbons (Fsp3) is 0.100. The van der Waals surface area contributed by atoms with Crippen molar-refractivity contribution in [3.63, 3.8) is 0 Å². The van der Waals surface area contributed by atoms with E-state index in [2.05, 4.69) is 129 Å². The molecule has 1 aliphatic rings. The zero-order chi connectivity index (χ0) is 27.5. The first-order valence-electron chi connectivity index (χ1n) is 14.4. The van der Waals surface area contributed by atoms with E-state index in [1.54, 1.807) is 7.11 Å². The van der Waals surface area contributed by atoms with Crippen LogP contribution in [-0.4, -0.2) is 7.11 Å². The van der Waals surface area contributed by atoms with Crippen LogP contribution in [0.15, 0.2) is 115 Å². The van der Waals surface area contributed by atoms with Gasteiger partial charge in [-0.05, 0) is 123 Å². The maximum Gasteiger partial charge on any atom is 0.119 e. The fourth-order valence-electron chi connectivity index (χ4n) is 7.68. The van der Waals surface area contributed by atoms with Crippen molar-refractivity contribution in [2.24, 2.45) is 0 Å². The third-order valence-corrected chi connectivity index (χ3v) is 9.70. The summed E-state index contributed by atoms with van der Waals surface area (Å²) < 4.78 is 5.63. The minimum Gasteiger partial charge on any atom is -0.497 e. The number of methoxy groups -OCH3 is 1. The Morgan fingerprint density at radius 2 is 0.732 bits per heavy atom. The maximum atomic E-state index is 5.63. The van der Waals surface area contributed by atoms with E-state index in [0.29, 0.717) is 0 Å². The average Bonchev–Trinajstić information content (AvgIpc) is 3.24. The van der Waals surface area contributed by atoms with Crippen LogP contribution in [0.4, 0.5) is 0 Å². The van der Waals surface area contributed by atoms with Crippen molar-refractivity contribution in [1.29, 1.82) is 0 Å². The van der Waals surface area contributed by atoms with Crippen LogP contribution >= 0.6 is 0 Å². The largest absolute Gasteiger partial charge is 0.497 e. The molecule has 0 radical (unpaired) electrons. The zero-order valence-corrected chi connectivity index (χ0v) is 23.4. The molecule has 0 heterocycles. The lowest BCUT2D eigenvalue weighted by Crippen LogP contribution is -2.15. The van der Waals surface area contributed by atoms with E-state index in [1.807, 2.05) is 0 Å². The summed E-state index contributed by atoms with van der Waals surface area (Å²) in [6, 6.07) is 43.0. The van der Waals surface area contributed by atoms with Crippen molar-refractivity contribution in [3.05, 3.63) is 126 Å². The average molecular weight is 525 g/mol. The minimum atomic E-state index is -0.121. The molecule has 9 rings (SSSR count). The van der Waals surface area contributed by atoms with Crippen molar-refractivity contribution in [1.82, 2.24) is 0 Å².